The molecule has 2 N–H and O–H groups in total. The fourth-order valence-electron chi connectivity index (χ4n) is 1.28. The molecule has 2 amide bonds. The lowest BCUT2D eigenvalue weighted by Crippen LogP contribution is -2.51. The van der Waals surface area contributed by atoms with Crippen molar-refractivity contribution in [3.8, 4) is 0 Å². The lowest BCUT2D eigenvalue weighted by atomic mass is 10.2. The van der Waals surface area contributed by atoms with Crippen molar-refractivity contribution in [3.63, 3.8) is 0 Å². The van der Waals surface area contributed by atoms with Crippen LogP contribution < -0.4 is 10.6 Å². The van der Waals surface area contributed by atoms with Gasteiger partial charge in [0.25, 0.3) is 0 Å². The highest BCUT2D eigenvalue weighted by Crippen LogP contribution is 2.17. The molecule has 1 aliphatic rings. The number of carbonyl (C=O) groups is 2. The van der Waals surface area contributed by atoms with Gasteiger partial charge in [0.2, 0.25) is 17.6 Å². The highest BCUT2D eigenvalue weighted by atomic mass is 16.7. The Morgan fingerprint density at radius 3 is 1.80 bits per heavy atom. The van der Waals surface area contributed by atoms with E-state index in [0.29, 0.717) is 13.2 Å². The second-order valence-corrected chi connectivity index (χ2v) is 3.43. The first-order chi connectivity index (χ1) is 7.04. The molecular formula is C9H16N2O4. The summed E-state index contributed by atoms with van der Waals surface area (Å²) in [5.74, 6) is -1.22. The highest BCUT2D eigenvalue weighted by Gasteiger charge is 2.36. The molecule has 0 unspecified atom stereocenters. The zero-order valence-electron chi connectivity index (χ0n) is 8.96. The third-order valence-electron chi connectivity index (χ3n) is 2.03. The molecule has 1 heterocycles. The van der Waals surface area contributed by atoms with Gasteiger partial charge in [0.1, 0.15) is 0 Å². The van der Waals surface area contributed by atoms with E-state index in [1.165, 1.54) is 13.8 Å². The van der Waals surface area contributed by atoms with Crippen LogP contribution in [-0.4, -0.2) is 43.9 Å². The van der Waals surface area contributed by atoms with E-state index in [1.807, 2.05) is 0 Å². The van der Waals surface area contributed by atoms with Gasteiger partial charge in [-0.2, -0.15) is 0 Å². The lowest BCUT2D eigenvalue weighted by molar-refractivity contribution is -0.156. The second kappa shape index (κ2) is 5.09. The zero-order chi connectivity index (χ0) is 11.3. The molecule has 0 aliphatic carbocycles. The van der Waals surface area contributed by atoms with Gasteiger partial charge in [0.15, 0.2) is 0 Å². The predicted octanol–water partition coefficient (Wildman–Crippen LogP) is -0.998. The van der Waals surface area contributed by atoms with Crippen molar-refractivity contribution in [3.05, 3.63) is 0 Å². The van der Waals surface area contributed by atoms with Gasteiger partial charge in [0.05, 0.1) is 26.3 Å². The van der Waals surface area contributed by atoms with Crippen LogP contribution in [0.15, 0.2) is 0 Å². The fourth-order valence-corrected chi connectivity index (χ4v) is 1.28. The van der Waals surface area contributed by atoms with Crippen molar-refractivity contribution in [1.82, 2.24) is 10.6 Å². The number of amides is 2. The van der Waals surface area contributed by atoms with Crippen molar-refractivity contribution in [2.24, 2.45) is 0 Å². The van der Waals surface area contributed by atoms with Crippen molar-refractivity contribution in [1.29, 1.82) is 0 Å². The minimum atomic E-state index is -0.905. The molecule has 0 radical (unpaired) electrons. The van der Waals surface area contributed by atoms with Crippen molar-refractivity contribution >= 4 is 11.8 Å². The van der Waals surface area contributed by atoms with E-state index < -0.39 is 5.79 Å². The van der Waals surface area contributed by atoms with Gasteiger partial charge in [0, 0.05) is 13.8 Å². The Balaban J connectivity index is 2.46. The Kier molecular flexibility index (Phi) is 4.05. The number of carbonyl (C=O) groups excluding carboxylic acids is 2. The smallest absolute Gasteiger partial charge is 0.217 e. The first-order valence-corrected chi connectivity index (χ1v) is 4.81. The number of ether oxygens (including phenoxy) is 2. The zero-order valence-corrected chi connectivity index (χ0v) is 8.96. The minimum absolute atomic E-state index is 0.156. The van der Waals surface area contributed by atoms with E-state index in [0.717, 1.165) is 0 Å². The highest BCUT2D eigenvalue weighted by molar-refractivity contribution is 5.73. The summed E-state index contributed by atoms with van der Waals surface area (Å²) in [5, 5.41) is 5.22. The normalized spacial score (nSPS) is 18.5. The number of hydrogen-bond donors (Lipinski definition) is 2. The summed E-state index contributed by atoms with van der Waals surface area (Å²) in [6, 6.07) is 0. The maximum Gasteiger partial charge on any atom is 0.217 e. The van der Waals surface area contributed by atoms with E-state index >= 15 is 0 Å². The van der Waals surface area contributed by atoms with Gasteiger partial charge in [-0.05, 0) is 0 Å². The van der Waals surface area contributed by atoms with E-state index in [-0.39, 0.29) is 24.9 Å². The molecule has 0 atom stereocenters. The minimum Gasteiger partial charge on any atom is -0.351 e. The molecule has 0 saturated carbocycles. The maximum atomic E-state index is 10.8. The summed E-state index contributed by atoms with van der Waals surface area (Å²) in [7, 11) is 0. The van der Waals surface area contributed by atoms with E-state index in [9.17, 15) is 9.59 Å². The van der Waals surface area contributed by atoms with Crippen LogP contribution in [0.3, 0.4) is 0 Å². The molecule has 1 fully saturated rings. The van der Waals surface area contributed by atoms with Crippen LogP contribution in [0.1, 0.15) is 13.8 Å². The fraction of sp³-hybridized carbons (Fsp3) is 0.778. The quantitative estimate of drug-likeness (QED) is 0.632. The third kappa shape index (κ3) is 3.85. The first kappa shape index (κ1) is 11.9. The summed E-state index contributed by atoms with van der Waals surface area (Å²) in [6.45, 7) is 4.26. The van der Waals surface area contributed by atoms with Gasteiger partial charge in [-0.1, -0.05) is 0 Å². The molecule has 1 aliphatic heterocycles. The molecule has 1 rings (SSSR count). The third-order valence-corrected chi connectivity index (χ3v) is 2.03. The van der Waals surface area contributed by atoms with Gasteiger partial charge >= 0.3 is 0 Å². The van der Waals surface area contributed by atoms with E-state index in [1.54, 1.807) is 0 Å². The number of hydrogen-bond acceptors (Lipinski definition) is 4. The molecule has 6 nitrogen and oxygen atoms in total. The topological polar surface area (TPSA) is 76.7 Å². The molecule has 0 aromatic heterocycles. The van der Waals surface area contributed by atoms with Crippen molar-refractivity contribution in [2.45, 2.75) is 19.6 Å². The van der Waals surface area contributed by atoms with Crippen molar-refractivity contribution in [2.75, 3.05) is 26.3 Å². The Morgan fingerprint density at radius 2 is 1.47 bits per heavy atom. The number of rotatable bonds is 4. The van der Waals surface area contributed by atoms with Crippen LogP contribution >= 0.6 is 0 Å². The number of nitrogens with one attached hydrogen (secondary N) is 2. The lowest BCUT2D eigenvalue weighted by Gasteiger charge is -2.27. The SMILES string of the molecule is CC(=O)NCC1(CNC(C)=O)OCCO1. The molecule has 0 aromatic carbocycles. The van der Waals surface area contributed by atoms with Crippen LogP contribution in [0, 0.1) is 0 Å². The van der Waals surface area contributed by atoms with Crippen LogP contribution in [0.5, 0.6) is 0 Å². The standard InChI is InChI=1S/C9H16N2O4/c1-7(12)10-5-9(6-11-8(2)13)14-3-4-15-9/h3-6H2,1-2H3,(H,10,12)(H,11,13). The Hall–Kier alpha value is -1.14. The van der Waals surface area contributed by atoms with Gasteiger partial charge in [-0.3, -0.25) is 9.59 Å². The summed E-state index contributed by atoms with van der Waals surface area (Å²) in [6.07, 6.45) is 0. The monoisotopic (exact) mass is 216 g/mol. The predicted molar refractivity (Wildman–Crippen MR) is 52.0 cm³/mol. The van der Waals surface area contributed by atoms with Crippen LogP contribution in [0.4, 0.5) is 0 Å². The van der Waals surface area contributed by atoms with Crippen LogP contribution in [0.25, 0.3) is 0 Å². The maximum absolute atomic E-state index is 10.8. The van der Waals surface area contributed by atoms with Crippen LogP contribution in [-0.2, 0) is 19.1 Å². The van der Waals surface area contributed by atoms with Crippen molar-refractivity contribution < 1.29 is 19.1 Å². The van der Waals surface area contributed by atoms with E-state index in [2.05, 4.69) is 10.6 Å². The van der Waals surface area contributed by atoms with Gasteiger partial charge < -0.3 is 20.1 Å². The first-order valence-electron chi connectivity index (χ1n) is 4.81. The molecule has 0 aromatic rings. The molecule has 6 heteroatoms. The average Bonchev–Trinajstić information content (AvgIpc) is 2.61. The molecular weight excluding hydrogens is 200 g/mol. The Morgan fingerprint density at radius 1 is 1.07 bits per heavy atom. The largest absolute Gasteiger partial charge is 0.351 e. The molecule has 86 valence electrons. The average molecular weight is 216 g/mol. The molecule has 0 bridgehead atoms. The summed E-state index contributed by atoms with van der Waals surface area (Å²) in [4.78, 5) is 21.5. The summed E-state index contributed by atoms with van der Waals surface area (Å²) in [5.41, 5.74) is 0. The Labute approximate surface area is 88.3 Å². The Bertz CT molecular complexity index is 228. The second-order valence-electron chi connectivity index (χ2n) is 3.43. The van der Waals surface area contributed by atoms with Gasteiger partial charge in [-0.25, -0.2) is 0 Å². The summed E-state index contributed by atoms with van der Waals surface area (Å²) >= 11 is 0. The van der Waals surface area contributed by atoms with E-state index in [4.69, 9.17) is 9.47 Å². The molecule has 1 saturated heterocycles. The summed E-state index contributed by atoms with van der Waals surface area (Å²) < 4.78 is 10.8. The molecule has 15 heavy (non-hydrogen) atoms. The van der Waals surface area contributed by atoms with Crippen LogP contribution in [0.2, 0.25) is 0 Å². The van der Waals surface area contributed by atoms with Gasteiger partial charge in [-0.15, -0.1) is 0 Å². The molecule has 0 spiro atoms.